The maximum Gasteiger partial charge on any atom is 0.496 e. The molecule has 0 N–H and O–H groups in total. The third-order valence-electron chi connectivity index (χ3n) is 8.17. The van der Waals surface area contributed by atoms with E-state index in [9.17, 15) is 0 Å². The zero-order chi connectivity index (χ0) is 25.8. The lowest BCUT2D eigenvalue weighted by molar-refractivity contribution is 0.00578. The average molecular weight is 517 g/mol. The van der Waals surface area contributed by atoms with E-state index in [2.05, 4.69) is 70.2 Å². The second-order valence-corrected chi connectivity index (χ2v) is 12.1. The van der Waals surface area contributed by atoms with Crippen LogP contribution in [0.5, 0.6) is 0 Å². The number of thiophene rings is 1. The number of para-hydroxylation sites is 1. The quantitative estimate of drug-likeness (QED) is 0.217. The van der Waals surface area contributed by atoms with E-state index in [1.54, 1.807) is 11.3 Å². The van der Waals surface area contributed by atoms with Gasteiger partial charge in [0.05, 0.1) is 11.2 Å². The van der Waals surface area contributed by atoms with Gasteiger partial charge in [-0.05, 0) is 58.0 Å². The minimum Gasteiger partial charge on any atom is -0.456 e. The normalized spacial score (nSPS) is 17.1. The largest absolute Gasteiger partial charge is 0.496 e. The highest BCUT2D eigenvalue weighted by atomic mass is 32.1. The van der Waals surface area contributed by atoms with Gasteiger partial charge < -0.3 is 18.1 Å². The van der Waals surface area contributed by atoms with Gasteiger partial charge in [0.1, 0.15) is 16.7 Å². The van der Waals surface area contributed by atoms with Crippen LogP contribution < -0.4 is 5.46 Å². The van der Waals surface area contributed by atoms with Crippen molar-refractivity contribution in [2.24, 2.45) is 0 Å². The van der Waals surface area contributed by atoms with Crippen LogP contribution in [0.25, 0.3) is 64.7 Å². The summed E-state index contributed by atoms with van der Waals surface area (Å²) in [5.74, 6) is 0.604. The summed E-state index contributed by atoms with van der Waals surface area (Å²) in [4.78, 5) is 4.89. The minimum absolute atomic E-state index is 0.387. The first kappa shape index (κ1) is 22.3. The van der Waals surface area contributed by atoms with Crippen LogP contribution in [0.2, 0.25) is 0 Å². The zero-order valence-corrected chi connectivity index (χ0v) is 22.3. The first-order valence-corrected chi connectivity index (χ1v) is 13.6. The third kappa shape index (κ3) is 3.10. The van der Waals surface area contributed by atoms with Crippen LogP contribution in [0.1, 0.15) is 27.7 Å². The molecule has 5 nitrogen and oxygen atoms in total. The molecule has 0 unspecified atom stereocenters. The Morgan fingerprint density at radius 2 is 1.45 bits per heavy atom. The van der Waals surface area contributed by atoms with Crippen LogP contribution in [0.15, 0.2) is 81.6 Å². The minimum atomic E-state index is -0.404. The van der Waals surface area contributed by atoms with Crippen molar-refractivity contribution in [3.63, 3.8) is 0 Å². The van der Waals surface area contributed by atoms with Crippen molar-refractivity contribution < 1.29 is 18.1 Å². The van der Waals surface area contributed by atoms with Crippen molar-refractivity contribution in [3.8, 4) is 11.5 Å². The lowest BCUT2D eigenvalue weighted by Crippen LogP contribution is -2.41. The molecule has 0 amide bonds. The number of hydrogen-bond acceptors (Lipinski definition) is 6. The molecule has 0 spiro atoms. The molecule has 1 aliphatic heterocycles. The molecule has 8 rings (SSSR count). The smallest absolute Gasteiger partial charge is 0.456 e. The second-order valence-electron chi connectivity index (χ2n) is 11.1. The molecule has 7 aromatic rings. The Morgan fingerprint density at radius 1 is 0.684 bits per heavy atom. The molecule has 1 fully saturated rings. The summed E-state index contributed by atoms with van der Waals surface area (Å²) in [5, 5.41) is 4.48. The van der Waals surface area contributed by atoms with Crippen molar-refractivity contribution in [2.45, 2.75) is 38.9 Å². The number of fused-ring (bicyclic) bond motifs is 7. The predicted octanol–water partition coefficient (Wildman–Crippen LogP) is 8.06. The molecule has 4 heterocycles. The van der Waals surface area contributed by atoms with Gasteiger partial charge >= 0.3 is 7.12 Å². The Hall–Kier alpha value is -3.65. The number of oxazole rings is 1. The molecule has 1 aliphatic rings. The van der Waals surface area contributed by atoms with E-state index >= 15 is 0 Å². The van der Waals surface area contributed by atoms with Crippen LogP contribution in [0.3, 0.4) is 0 Å². The zero-order valence-electron chi connectivity index (χ0n) is 21.5. The Bertz CT molecular complexity index is 2050. The molecule has 1 saturated heterocycles. The molecular weight excluding hydrogens is 493 g/mol. The molecule has 3 aromatic heterocycles. The molecule has 186 valence electrons. The van der Waals surface area contributed by atoms with Gasteiger partial charge in [0.15, 0.2) is 5.58 Å². The van der Waals surface area contributed by atoms with E-state index in [4.69, 9.17) is 23.1 Å². The fourth-order valence-corrected chi connectivity index (χ4v) is 6.61. The average Bonchev–Trinajstić information content (AvgIpc) is 3.62. The molecule has 0 aliphatic carbocycles. The lowest BCUT2D eigenvalue weighted by atomic mass is 9.78. The summed E-state index contributed by atoms with van der Waals surface area (Å²) in [5.41, 5.74) is 4.56. The summed E-state index contributed by atoms with van der Waals surface area (Å²) < 4.78 is 27.4. The van der Waals surface area contributed by atoms with Gasteiger partial charge in [-0.3, -0.25) is 0 Å². The van der Waals surface area contributed by atoms with Gasteiger partial charge in [-0.1, -0.05) is 36.4 Å². The van der Waals surface area contributed by atoms with Gasteiger partial charge in [-0.2, -0.15) is 0 Å². The maximum absolute atomic E-state index is 6.38. The highest BCUT2D eigenvalue weighted by molar-refractivity contribution is 7.27. The van der Waals surface area contributed by atoms with Crippen LogP contribution in [-0.2, 0) is 9.31 Å². The Labute approximate surface area is 223 Å². The van der Waals surface area contributed by atoms with E-state index in [0.717, 1.165) is 54.2 Å². The SMILES string of the molecule is CC1(C)OB(c2cccc3c2sc2cc4oc(-c5ccc6oc7ccccc7c6c5)nc4cc23)OC1(C)C. The predicted molar refractivity (Wildman–Crippen MR) is 155 cm³/mol. The van der Waals surface area contributed by atoms with Crippen molar-refractivity contribution >= 4 is 77.1 Å². The van der Waals surface area contributed by atoms with E-state index in [-0.39, 0.29) is 11.2 Å². The number of benzene rings is 4. The van der Waals surface area contributed by atoms with E-state index in [1.165, 1.54) is 10.1 Å². The van der Waals surface area contributed by atoms with Gasteiger partial charge in [-0.25, -0.2) is 4.98 Å². The number of furan rings is 1. The summed E-state index contributed by atoms with van der Waals surface area (Å²) in [6.07, 6.45) is 0. The second kappa shape index (κ2) is 7.47. The molecule has 0 radical (unpaired) electrons. The Balaban J connectivity index is 1.24. The van der Waals surface area contributed by atoms with E-state index < -0.39 is 7.12 Å². The Morgan fingerprint density at radius 3 is 2.29 bits per heavy atom. The van der Waals surface area contributed by atoms with Crippen molar-refractivity contribution in [1.82, 2.24) is 4.98 Å². The topological polar surface area (TPSA) is 57.6 Å². The van der Waals surface area contributed by atoms with E-state index in [0.29, 0.717) is 5.89 Å². The highest BCUT2D eigenvalue weighted by Crippen LogP contribution is 2.41. The molecule has 0 atom stereocenters. The molecule has 7 heteroatoms. The van der Waals surface area contributed by atoms with Crippen LogP contribution in [0, 0.1) is 0 Å². The summed E-state index contributed by atoms with van der Waals surface area (Å²) in [7, 11) is -0.404. The van der Waals surface area contributed by atoms with E-state index in [1.807, 2.05) is 30.3 Å². The van der Waals surface area contributed by atoms with Crippen LogP contribution >= 0.6 is 11.3 Å². The fraction of sp³-hybridized carbons (Fsp3) is 0.194. The maximum atomic E-state index is 6.38. The molecule has 0 bridgehead atoms. The first-order chi connectivity index (χ1) is 18.3. The third-order valence-corrected chi connectivity index (χ3v) is 9.39. The van der Waals surface area contributed by atoms with Gasteiger partial charge in [0.25, 0.3) is 0 Å². The first-order valence-electron chi connectivity index (χ1n) is 12.8. The summed E-state index contributed by atoms with van der Waals surface area (Å²) >= 11 is 1.74. The van der Waals surface area contributed by atoms with Gasteiger partial charge in [-0.15, -0.1) is 11.3 Å². The monoisotopic (exact) mass is 517 g/mol. The van der Waals surface area contributed by atoms with Gasteiger partial charge in [0.2, 0.25) is 5.89 Å². The van der Waals surface area contributed by atoms with Crippen LogP contribution in [-0.4, -0.2) is 23.3 Å². The summed E-state index contributed by atoms with van der Waals surface area (Å²) in [6, 6.07) is 24.8. The number of hydrogen-bond donors (Lipinski definition) is 0. The molecule has 4 aromatic carbocycles. The molecule has 38 heavy (non-hydrogen) atoms. The Kier molecular flexibility index (Phi) is 4.40. The number of rotatable bonds is 2. The summed E-state index contributed by atoms with van der Waals surface area (Å²) in [6.45, 7) is 8.34. The highest BCUT2D eigenvalue weighted by Gasteiger charge is 2.52. The molecular formula is C31H24BNO4S. The van der Waals surface area contributed by atoms with Crippen LogP contribution in [0.4, 0.5) is 0 Å². The van der Waals surface area contributed by atoms with Crippen molar-refractivity contribution in [3.05, 3.63) is 72.8 Å². The number of nitrogens with zero attached hydrogens (tertiary/aromatic N) is 1. The van der Waals surface area contributed by atoms with Gasteiger partial charge in [0, 0.05) is 48.0 Å². The van der Waals surface area contributed by atoms with Crippen molar-refractivity contribution in [1.29, 1.82) is 0 Å². The lowest BCUT2D eigenvalue weighted by Gasteiger charge is -2.32. The standard InChI is InChI=1S/C31H24BNO4S/c1-30(2)31(3,4)37-32(36-30)22-10-7-9-19-21-15-23-26(16-27(21)38-28(19)22)35-29(33-23)17-12-13-25-20(14-17)18-8-5-6-11-24(18)34-25/h5-16H,1-4H3. The fourth-order valence-electron chi connectivity index (χ4n) is 5.38. The van der Waals surface area contributed by atoms with Crippen molar-refractivity contribution in [2.75, 3.05) is 0 Å². The molecule has 0 saturated carbocycles. The number of aromatic nitrogens is 1.